The van der Waals surface area contributed by atoms with Crippen LogP contribution in [-0.2, 0) is 25.7 Å². The summed E-state index contributed by atoms with van der Waals surface area (Å²) in [5, 5.41) is 4.93. The van der Waals surface area contributed by atoms with Crippen molar-refractivity contribution >= 4 is 67.6 Å². The fourth-order valence-electron chi connectivity index (χ4n) is 2.56. The maximum atomic E-state index is 12.4. The minimum Gasteiger partial charge on any atom is -0.497 e. The number of nitrogens with zero attached hydrogens (tertiary/aromatic N) is 3. The van der Waals surface area contributed by atoms with Crippen LogP contribution in [0.5, 0.6) is 5.75 Å². The van der Waals surface area contributed by atoms with Crippen LogP contribution in [0, 0.1) is 0 Å². The topological polar surface area (TPSA) is 112 Å². The number of thioether (sulfide) groups is 1. The molecule has 12 heteroatoms. The highest BCUT2D eigenvalue weighted by Gasteiger charge is 2.13. The van der Waals surface area contributed by atoms with E-state index in [0.29, 0.717) is 15.7 Å². The van der Waals surface area contributed by atoms with E-state index in [0.717, 1.165) is 22.0 Å². The molecule has 0 aliphatic rings. The number of fused-ring (bicyclic) bond motifs is 1. The highest BCUT2D eigenvalue weighted by molar-refractivity contribution is 8.00. The summed E-state index contributed by atoms with van der Waals surface area (Å²) in [6.45, 7) is 1.94. The molecule has 0 spiro atoms. The number of ether oxygens (including phenoxy) is 2. The molecule has 3 rings (SSSR count). The Hall–Kier alpha value is -2.70. The number of carbonyl (C=O) groups is 3. The summed E-state index contributed by atoms with van der Waals surface area (Å²) >= 11 is 3.75. The Labute approximate surface area is 190 Å². The molecule has 2 aromatic heterocycles. The van der Waals surface area contributed by atoms with Gasteiger partial charge in [0.15, 0.2) is 9.93 Å². The zero-order valence-electron chi connectivity index (χ0n) is 16.8. The Morgan fingerprint density at radius 1 is 1.29 bits per heavy atom. The molecule has 1 N–H and O–H groups in total. The molecule has 0 atom stereocenters. The quantitative estimate of drug-likeness (QED) is 0.468. The second-order valence-electron chi connectivity index (χ2n) is 5.99. The van der Waals surface area contributed by atoms with Gasteiger partial charge in [-0.15, -0.1) is 23.1 Å². The van der Waals surface area contributed by atoms with Crippen LogP contribution in [0.1, 0.15) is 6.92 Å². The third kappa shape index (κ3) is 6.39. The first kappa shape index (κ1) is 23.0. The van der Waals surface area contributed by atoms with Crippen molar-refractivity contribution in [2.24, 2.45) is 4.99 Å². The third-order valence-electron chi connectivity index (χ3n) is 3.84. The number of esters is 1. The van der Waals surface area contributed by atoms with Crippen LogP contribution < -0.4 is 14.9 Å². The van der Waals surface area contributed by atoms with Gasteiger partial charge in [0, 0.05) is 11.6 Å². The lowest BCUT2D eigenvalue weighted by atomic mass is 10.3. The van der Waals surface area contributed by atoms with Crippen molar-refractivity contribution in [3.05, 3.63) is 34.6 Å². The molecule has 0 saturated heterocycles. The summed E-state index contributed by atoms with van der Waals surface area (Å²) in [6, 6.07) is 5.41. The normalized spacial score (nSPS) is 11.5. The van der Waals surface area contributed by atoms with Crippen molar-refractivity contribution in [1.29, 1.82) is 0 Å². The summed E-state index contributed by atoms with van der Waals surface area (Å²) in [4.78, 5) is 44.9. The van der Waals surface area contributed by atoms with E-state index in [4.69, 9.17) is 9.47 Å². The minimum atomic E-state index is -0.417. The lowest BCUT2D eigenvalue weighted by Crippen LogP contribution is -2.23. The van der Waals surface area contributed by atoms with Gasteiger partial charge in [-0.1, -0.05) is 11.3 Å². The summed E-state index contributed by atoms with van der Waals surface area (Å²) < 4.78 is 12.8. The van der Waals surface area contributed by atoms with Gasteiger partial charge in [0.05, 0.1) is 35.4 Å². The highest BCUT2D eigenvalue weighted by Crippen LogP contribution is 2.23. The van der Waals surface area contributed by atoms with Crippen molar-refractivity contribution in [1.82, 2.24) is 9.55 Å². The average molecular weight is 481 g/mol. The molecule has 0 unspecified atom stereocenters. The van der Waals surface area contributed by atoms with Gasteiger partial charge in [0.25, 0.3) is 5.91 Å². The molecular formula is C19H20N4O5S3. The Kier molecular flexibility index (Phi) is 8.20. The van der Waals surface area contributed by atoms with Crippen molar-refractivity contribution in [3.63, 3.8) is 0 Å². The summed E-state index contributed by atoms with van der Waals surface area (Å²) in [7, 11) is 1.57. The number of aromatic nitrogens is 2. The molecule has 3 aromatic rings. The Morgan fingerprint density at radius 2 is 2.13 bits per heavy atom. The van der Waals surface area contributed by atoms with E-state index in [-0.39, 0.29) is 30.6 Å². The van der Waals surface area contributed by atoms with E-state index in [2.05, 4.69) is 15.3 Å². The van der Waals surface area contributed by atoms with Gasteiger partial charge < -0.3 is 19.4 Å². The third-order valence-corrected chi connectivity index (χ3v) is 6.49. The Balaban J connectivity index is 1.73. The van der Waals surface area contributed by atoms with Gasteiger partial charge in [-0.25, -0.2) is 4.98 Å². The first-order valence-corrected chi connectivity index (χ1v) is 12.0. The number of carbonyl (C=O) groups excluding carboxylic acids is 3. The molecule has 2 heterocycles. The number of amides is 2. The number of hydrogen-bond acceptors (Lipinski definition) is 9. The van der Waals surface area contributed by atoms with Gasteiger partial charge in [0.2, 0.25) is 5.91 Å². The number of hydrogen-bond donors (Lipinski definition) is 1. The van der Waals surface area contributed by atoms with Crippen LogP contribution in [0.15, 0.2) is 34.8 Å². The van der Waals surface area contributed by atoms with E-state index in [1.54, 1.807) is 36.2 Å². The number of thiazole rings is 2. The number of methoxy groups -OCH3 is 1. The molecule has 1 aromatic carbocycles. The van der Waals surface area contributed by atoms with Crippen LogP contribution in [0.2, 0.25) is 0 Å². The van der Waals surface area contributed by atoms with E-state index in [1.807, 2.05) is 12.1 Å². The van der Waals surface area contributed by atoms with Crippen molar-refractivity contribution in [2.45, 2.75) is 13.5 Å². The van der Waals surface area contributed by atoms with Gasteiger partial charge in [0.1, 0.15) is 12.3 Å². The maximum Gasteiger partial charge on any atom is 0.326 e. The lowest BCUT2D eigenvalue weighted by molar-refractivity contribution is -0.143. The molecule has 0 radical (unpaired) electrons. The smallest absolute Gasteiger partial charge is 0.326 e. The monoisotopic (exact) mass is 480 g/mol. The first-order valence-electron chi connectivity index (χ1n) is 9.17. The number of benzene rings is 1. The van der Waals surface area contributed by atoms with Crippen molar-refractivity contribution in [2.75, 3.05) is 30.5 Å². The van der Waals surface area contributed by atoms with E-state index in [1.165, 1.54) is 22.7 Å². The summed E-state index contributed by atoms with van der Waals surface area (Å²) in [6.07, 6.45) is 1.60. The molecule has 0 aliphatic carbocycles. The van der Waals surface area contributed by atoms with E-state index in [9.17, 15) is 14.4 Å². The average Bonchev–Trinajstić information content (AvgIpc) is 3.36. The summed E-state index contributed by atoms with van der Waals surface area (Å²) in [5.41, 5.74) is 0.751. The molecule has 0 aliphatic heterocycles. The molecule has 0 saturated carbocycles. The SMILES string of the molecule is CCOC(=O)Cn1c(=NC(=O)CSCC(=O)Nc2nccs2)sc2cc(OC)ccc21. The van der Waals surface area contributed by atoms with Crippen LogP contribution >= 0.6 is 34.4 Å². The van der Waals surface area contributed by atoms with Crippen molar-refractivity contribution < 1.29 is 23.9 Å². The van der Waals surface area contributed by atoms with E-state index >= 15 is 0 Å². The predicted molar refractivity (Wildman–Crippen MR) is 122 cm³/mol. The van der Waals surface area contributed by atoms with Crippen LogP contribution in [-0.4, -0.2) is 52.6 Å². The number of anilines is 1. The predicted octanol–water partition coefficient (Wildman–Crippen LogP) is 2.53. The molecule has 2 amide bonds. The second kappa shape index (κ2) is 11.1. The van der Waals surface area contributed by atoms with Crippen LogP contribution in [0.25, 0.3) is 10.2 Å². The van der Waals surface area contributed by atoms with Gasteiger partial charge in [-0.05, 0) is 25.1 Å². The fraction of sp³-hybridized carbons (Fsp3) is 0.316. The van der Waals surface area contributed by atoms with Gasteiger partial charge in [-0.2, -0.15) is 4.99 Å². The molecule has 31 heavy (non-hydrogen) atoms. The first-order chi connectivity index (χ1) is 15.0. The van der Waals surface area contributed by atoms with Gasteiger partial charge in [-0.3, -0.25) is 14.4 Å². The molecule has 164 valence electrons. The Bertz CT molecular complexity index is 1140. The minimum absolute atomic E-state index is 0.0300. The molecule has 0 fully saturated rings. The highest BCUT2D eigenvalue weighted by atomic mass is 32.2. The van der Waals surface area contributed by atoms with Crippen molar-refractivity contribution in [3.8, 4) is 5.75 Å². The fourth-order valence-corrected chi connectivity index (χ4v) is 4.78. The Morgan fingerprint density at radius 3 is 2.84 bits per heavy atom. The lowest BCUT2D eigenvalue weighted by Gasteiger charge is -2.05. The summed E-state index contributed by atoms with van der Waals surface area (Å²) in [5.74, 6) is -0.255. The molecule has 0 bridgehead atoms. The van der Waals surface area contributed by atoms with Crippen LogP contribution in [0.4, 0.5) is 5.13 Å². The molecule has 9 nitrogen and oxygen atoms in total. The number of nitrogens with one attached hydrogen (secondary N) is 1. The molecular weight excluding hydrogens is 460 g/mol. The zero-order valence-corrected chi connectivity index (χ0v) is 19.3. The second-order valence-corrected chi connectivity index (χ2v) is 8.88. The number of rotatable bonds is 9. The van der Waals surface area contributed by atoms with E-state index < -0.39 is 11.9 Å². The largest absolute Gasteiger partial charge is 0.497 e. The zero-order chi connectivity index (χ0) is 22.2. The maximum absolute atomic E-state index is 12.4. The standard InChI is InChI=1S/C19H20N4O5S3/c1-3-28-17(26)9-23-13-5-4-12(27-2)8-14(13)31-19(23)22-16(25)11-29-10-15(24)21-18-20-6-7-30-18/h4-8H,3,9-11H2,1-2H3,(H,20,21,24). The van der Waals surface area contributed by atoms with Gasteiger partial charge >= 0.3 is 5.97 Å². The van der Waals surface area contributed by atoms with Crippen LogP contribution in [0.3, 0.4) is 0 Å².